The van der Waals surface area contributed by atoms with Crippen LogP contribution in [0.15, 0.2) is 122 Å². The normalized spacial score (nSPS) is 15.3. The zero-order valence-corrected chi connectivity index (χ0v) is 46.6. The number of carbonyl (C=O) groups excluding carboxylic acids is 1. The van der Waals surface area contributed by atoms with Gasteiger partial charge in [0, 0.05) is 6.42 Å². The Balaban J connectivity index is 4.27. The average molecular weight is 1010 g/mol. The summed E-state index contributed by atoms with van der Waals surface area (Å²) in [6.07, 6.45) is 71.2. The van der Waals surface area contributed by atoms with E-state index in [9.17, 15) is 24.5 Å². The molecule has 0 spiro atoms. The van der Waals surface area contributed by atoms with E-state index in [1.165, 1.54) is 57.8 Å². The zero-order valence-electron chi connectivity index (χ0n) is 45.7. The highest BCUT2D eigenvalue weighted by Crippen LogP contribution is 2.38. The van der Waals surface area contributed by atoms with Gasteiger partial charge in [0.1, 0.15) is 19.3 Å². The van der Waals surface area contributed by atoms with E-state index >= 15 is 0 Å². The van der Waals surface area contributed by atoms with Gasteiger partial charge >= 0.3 is 0 Å². The molecule has 0 saturated carbocycles. The summed E-state index contributed by atoms with van der Waals surface area (Å²) < 4.78 is 23.2. The van der Waals surface area contributed by atoms with Gasteiger partial charge in [-0.1, -0.05) is 206 Å². The van der Waals surface area contributed by atoms with Gasteiger partial charge in [-0.2, -0.15) is 0 Å². The standard InChI is InChI=1S/C61H105N2O7P/c1-6-8-10-12-14-16-18-20-21-22-23-24-25-26-27-28-29-30-31-32-33-34-35-36-37-38-39-40-41-42-44-46-48-50-52-54-60(65)62-58(57-70-71(67,68)69-56-55-63(3,4)5)61(66)59(64)53-51-49-47-45-43-19-17-15-13-11-9-7-2/h8,10,14,16,20-21,23-24,26-27,29-30,32-33,35-36,38-39,45,47,58-59,61,64,66H,6-7,9,11-13,15,17-19,22,25,28,31,34,37,40-44,46,48-57H2,1-5H3,(H-,62,65,67,68)/b10-8-,16-14-,21-20-,24-23-,27-26-,30-29-,33-32-,36-35-,39-38-,47-45+. The van der Waals surface area contributed by atoms with Gasteiger partial charge in [0.2, 0.25) is 5.91 Å². The van der Waals surface area contributed by atoms with Crippen LogP contribution < -0.4 is 10.2 Å². The van der Waals surface area contributed by atoms with Crippen molar-refractivity contribution < 1.29 is 38.0 Å². The van der Waals surface area contributed by atoms with Crippen molar-refractivity contribution in [3.63, 3.8) is 0 Å². The second kappa shape index (κ2) is 50.4. The molecule has 9 nitrogen and oxygen atoms in total. The number of aliphatic hydroxyl groups is 2. The molecule has 0 aliphatic rings. The summed E-state index contributed by atoms with van der Waals surface area (Å²) in [7, 11) is 1.08. The molecule has 3 N–H and O–H groups in total. The van der Waals surface area contributed by atoms with Crippen molar-refractivity contribution in [3.8, 4) is 0 Å². The van der Waals surface area contributed by atoms with Gasteiger partial charge in [0.25, 0.3) is 7.82 Å². The molecule has 0 aromatic rings. The topological polar surface area (TPSA) is 128 Å². The molecule has 406 valence electrons. The van der Waals surface area contributed by atoms with Gasteiger partial charge in [-0.05, 0) is 109 Å². The number of quaternary nitrogens is 1. The number of carbonyl (C=O) groups is 1. The van der Waals surface area contributed by atoms with Crippen molar-refractivity contribution in [1.29, 1.82) is 0 Å². The largest absolute Gasteiger partial charge is 0.756 e. The summed E-state index contributed by atoms with van der Waals surface area (Å²) in [5, 5.41) is 24.7. The van der Waals surface area contributed by atoms with Crippen LogP contribution in [-0.2, 0) is 18.4 Å². The Morgan fingerprint density at radius 1 is 0.521 bits per heavy atom. The molecular formula is C61H105N2O7P. The summed E-state index contributed by atoms with van der Waals surface area (Å²) in [6.45, 7) is 4.26. The fourth-order valence-corrected chi connectivity index (χ4v) is 8.09. The van der Waals surface area contributed by atoms with Gasteiger partial charge in [0.15, 0.2) is 0 Å². The maximum Gasteiger partial charge on any atom is 0.268 e. The van der Waals surface area contributed by atoms with E-state index in [-0.39, 0.29) is 18.9 Å². The number of nitrogens with zero attached hydrogens (tertiary/aromatic N) is 1. The van der Waals surface area contributed by atoms with Crippen molar-refractivity contribution in [2.24, 2.45) is 0 Å². The molecule has 0 aliphatic carbocycles. The Morgan fingerprint density at radius 3 is 1.31 bits per heavy atom. The SMILES string of the molecule is CC/C=C\C/C=C\C/C=C\C/C=C\C/C=C\C/C=C\C/C=C\C/C=C\C/C=C\CCCCCCCCCC(=O)NC(COP(=O)([O-])OCC[N+](C)(C)C)C(O)C(O)CCC/C=C/CCCCCCCCC. The van der Waals surface area contributed by atoms with E-state index in [1.54, 1.807) is 0 Å². The van der Waals surface area contributed by atoms with E-state index < -0.39 is 32.7 Å². The predicted octanol–water partition coefficient (Wildman–Crippen LogP) is 15.3. The molecule has 0 aromatic heterocycles. The molecule has 0 bridgehead atoms. The molecular weight excluding hydrogens is 904 g/mol. The smallest absolute Gasteiger partial charge is 0.268 e. The molecule has 71 heavy (non-hydrogen) atoms. The first-order valence-corrected chi connectivity index (χ1v) is 29.4. The molecule has 0 heterocycles. The number of phosphoric ester groups is 1. The lowest BCUT2D eigenvalue weighted by Gasteiger charge is -2.31. The predicted molar refractivity (Wildman–Crippen MR) is 303 cm³/mol. The number of hydrogen-bond acceptors (Lipinski definition) is 7. The summed E-state index contributed by atoms with van der Waals surface area (Å²) >= 11 is 0. The van der Waals surface area contributed by atoms with Crippen LogP contribution in [0.4, 0.5) is 0 Å². The number of nitrogens with one attached hydrogen (secondary N) is 1. The van der Waals surface area contributed by atoms with Crippen LogP contribution in [0.1, 0.15) is 200 Å². The van der Waals surface area contributed by atoms with Gasteiger partial charge in [-0.3, -0.25) is 9.36 Å². The summed E-state index contributed by atoms with van der Waals surface area (Å²) in [5.41, 5.74) is 0. The number of aliphatic hydroxyl groups excluding tert-OH is 2. The van der Waals surface area contributed by atoms with Crippen LogP contribution >= 0.6 is 7.82 Å². The first kappa shape index (κ1) is 67.9. The third kappa shape index (κ3) is 51.6. The van der Waals surface area contributed by atoms with Gasteiger partial charge in [0.05, 0.1) is 39.9 Å². The van der Waals surface area contributed by atoms with Crippen LogP contribution in [-0.4, -0.2) is 79.8 Å². The fraction of sp³-hybridized carbons (Fsp3) is 0.656. The molecule has 0 aromatic carbocycles. The molecule has 0 saturated heterocycles. The average Bonchev–Trinajstić information content (AvgIpc) is 3.33. The quantitative estimate of drug-likeness (QED) is 0.0240. The van der Waals surface area contributed by atoms with Crippen LogP contribution in [0.25, 0.3) is 0 Å². The third-order valence-electron chi connectivity index (χ3n) is 11.8. The van der Waals surface area contributed by atoms with Crippen molar-refractivity contribution in [3.05, 3.63) is 122 Å². The molecule has 0 aliphatic heterocycles. The molecule has 4 unspecified atom stereocenters. The maximum atomic E-state index is 13.0. The second-order valence-electron chi connectivity index (χ2n) is 19.7. The summed E-state index contributed by atoms with van der Waals surface area (Å²) in [5.74, 6) is -0.306. The minimum atomic E-state index is -4.69. The van der Waals surface area contributed by atoms with E-state index in [4.69, 9.17) is 9.05 Å². The van der Waals surface area contributed by atoms with Crippen molar-refractivity contribution in [1.82, 2.24) is 5.32 Å². The Morgan fingerprint density at radius 2 is 0.887 bits per heavy atom. The van der Waals surface area contributed by atoms with Crippen molar-refractivity contribution >= 4 is 13.7 Å². The minimum absolute atomic E-state index is 0.0549. The van der Waals surface area contributed by atoms with Gasteiger partial charge < -0.3 is 34.0 Å². The Labute approximate surface area is 436 Å². The van der Waals surface area contributed by atoms with E-state index in [0.29, 0.717) is 30.3 Å². The first-order valence-electron chi connectivity index (χ1n) is 28.0. The summed E-state index contributed by atoms with van der Waals surface area (Å²) in [4.78, 5) is 25.5. The second-order valence-corrected chi connectivity index (χ2v) is 21.1. The number of likely N-dealkylation sites (N-methyl/N-ethyl adjacent to an activating group) is 1. The molecule has 1 amide bonds. The minimum Gasteiger partial charge on any atom is -0.756 e. The van der Waals surface area contributed by atoms with Crippen molar-refractivity contribution in [2.75, 3.05) is 40.9 Å². The van der Waals surface area contributed by atoms with E-state index in [2.05, 4.69) is 141 Å². The van der Waals surface area contributed by atoms with E-state index in [1.807, 2.05) is 21.1 Å². The molecule has 4 atom stereocenters. The lowest BCUT2D eigenvalue weighted by atomic mass is 10.0. The highest BCUT2D eigenvalue weighted by Gasteiger charge is 2.29. The lowest BCUT2D eigenvalue weighted by molar-refractivity contribution is -0.870. The molecule has 0 rings (SSSR count). The van der Waals surface area contributed by atoms with Crippen LogP contribution in [0.3, 0.4) is 0 Å². The molecule has 0 radical (unpaired) electrons. The Bertz CT molecular complexity index is 1580. The summed E-state index contributed by atoms with van der Waals surface area (Å²) in [6, 6.07) is -1.10. The number of allylic oxidation sites excluding steroid dienone is 20. The monoisotopic (exact) mass is 1010 g/mol. The van der Waals surface area contributed by atoms with E-state index in [0.717, 1.165) is 103 Å². The Kier molecular flexibility index (Phi) is 48.2. The number of hydrogen-bond donors (Lipinski definition) is 3. The van der Waals surface area contributed by atoms with Crippen LogP contribution in [0.5, 0.6) is 0 Å². The van der Waals surface area contributed by atoms with Gasteiger partial charge in [-0.15, -0.1) is 0 Å². The Hall–Kier alpha value is -3.14. The number of phosphoric acid groups is 1. The lowest BCUT2D eigenvalue weighted by Crippen LogP contribution is -2.51. The van der Waals surface area contributed by atoms with Crippen LogP contribution in [0.2, 0.25) is 0 Å². The number of amides is 1. The molecule has 0 fully saturated rings. The number of unbranched alkanes of at least 4 members (excludes halogenated alkanes) is 15. The zero-order chi connectivity index (χ0) is 52.2. The highest BCUT2D eigenvalue weighted by molar-refractivity contribution is 7.45. The third-order valence-corrected chi connectivity index (χ3v) is 12.7. The first-order chi connectivity index (χ1) is 34.4. The fourth-order valence-electron chi connectivity index (χ4n) is 7.36. The van der Waals surface area contributed by atoms with Crippen LogP contribution in [0, 0.1) is 0 Å². The number of rotatable bonds is 49. The maximum absolute atomic E-state index is 13.0. The molecule has 10 heteroatoms. The van der Waals surface area contributed by atoms with Crippen molar-refractivity contribution in [2.45, 2.75) is 218 Å². The highest BCUT2D eigenvalue weighted by atomic mass is 31.2. The van der Waals surface area contributed by atoms with Gasteiger partial charge in [-0.25, -0.2) is 0 Å².